The predicted molar refractivity (Wildman–Crippen MR) is 153 cm³/mol. The molecule has 4 rings (SSSR count). The third-order valence-corrected chi connectivity index (χ3v) is 8.34. The minimum absolute atomic E-state index is 0.0257. The van der Waals surface area contributed by atoms with Crippen molar-refractivity contribution in [2.24, 2.45) is 5.92 Å². The maximum absolute atomic E-state index is 13.0. The number of carbonyl (C=O) groups excluding carboxylic acids is 1. The highest BCUT2D eigenvalue weighted by Crippen LogP contribution is 2.37. The van der Waals surface area contributed by atoms with Crippen molar-refractivity contribution in [3.63, 3.8) is 0 Å². The summed E-state index contributed by atoms with van der Waals surface area (Å²) in [6.45, 7) is -3.66. The number of nitrogens with zero attached hydrogens (tertiary/aromatic N) is 2. The fourth-order valence-corrected chi connectivity index (χ4v) is 5.69. The summed E-state index contributed by atoms with van der Waals surface area (Å²) in [5, 5.41) is 22.5. The van der Waals surface area contributed by atoms with Crippen molar-refractivity contribution in [1.82, 2.24) is 4.72 Å². The lowest BCUT2D eigenvalue weighted by molar-refractivity contribution is -0.605. The van der Waals surface area contributed by atoms with E-state index in [4.69, 9.17) is 32.7 Å². The molecule has 17 heteroatoms. The standard InChI is InChI=1S/C27H25Cl2F2N3O9S/c28-21-12-33(36)13-22(29)20(21)10-24(18-5-8-23(43-27(30)31)25(9-18)41-14-16-1-2-16)42-26(35)11-32-44(39,40)15-17-3-6-19(7-4-17)34(37)38/h3-9,12-13,16,24,27,32H,1-2,10-11,14-15H2. The van der Waals surface area contributed by atoms with E-state index in [0.29, 0.717) is 4.73 Å². The smallest absolute Gasteiger partial charge is 0.387 e. The molecular formula is C27H25Cl2F2N3O9S. The van der Waals surface area contributed by atoms with Crippen molar-refractivity contribution < 1.29 is 45.9 Å². The molecule has 0 spiro atoms. The molecule has 1 saturated carbocycles. The summed E-state index contributed by atoms with van der Waals surface area (Å²) in [5.74, 6) is -1.58. The zero-order valence-corrected chi connectivity index (χ0v) is 25.0. The lowest BCUT2D eigenvalue weighted by atomic mass is 10.0. The fourth-order valence-electron chi connectivity index (χ4n) is 4.02. The number of nitrogens with one attached hydrogen (secondary N) is 1. The highest BCUT2D eigenvalue weighted by molar-refractivity contribution is 7.88. The molecule has 1 aromatic heterocycles. The first-order valence-electron chi connectivity index (χ1n) is 13.0. The molecule has 2 aromatic carbocycles. The first-order valence-corrected chi connectivity index (χ1v) is 15.4. The van der Waals surface area contributed by atoms with Gasteiger partial charge in [0.1, 0.15) is 22.7 Å². The van der Waals surface area contributed by atoms with E-state index in [-0.39, 0.29) is 62.9 Å². The number of ether oxygens (including phenoxy) is 3. The molecule has 236 valence electrons. The molecule has 3 aromatic rings. The van der Waals surface area contributed by atoms with Crippen LogP contribution in [-0.4, -0.2) is 39.1 Å². The Hall–Kier alpha value is -3.79. The van der Waals surface area contributed by atoms with Gasteiger partial charge in [-0.15, -0.1) is 0 Å². The van der Waals surface area contributed by atoms with Crippen LogP contribution in [0.2, 0.25) is 10.0 Å². The first kappa shape index (κ1) is 33.1. The van der Waals surface area contributed by atoms with Crippen molar-refractivity contribution in [3.05, 3.63) is 96.9 Å². The van der Waals surface area contributed by atoms with Crippen molar-refractivity contribution >= 4 is 44.9 Å². The zero-order valence-electron chi connectivity index (χ0n) is 22.7. The van der Waals surface area contributed by atoms with Crippen LogP contribution in [0.4, 0.5) is 14.5 Å². The summed E-state index contributed by atoms with van der Waals surface area (Å²) in [4.78, 5) is 23.1. The second-order valence-electron chi connectivity index (χ2n) is 9.82. The summed E-state index contributed by atoms with van der Waals surface area (Å²) in [6.07, 6.45) is 2.56. The number of benzene rings is 2. The Morgan fingerprint density at radius 3 is 2.34 bits per heavy atom. The van der Waals surface area contributed by atoms with Gasteiger partial charge in [0.05, 0.1) is 17.3 Å². The molecule has 1 heterocycles. The Morgan fingerprint density at radius 2 is 1.75 bits per heavy atom. The number of hydrogen-bond acceptors (Lipinski definition) is 9. The van der Waals surface area contributed by atoms with Crippen LogP contribution < -0.4 is 18.9 Å². The molecule has 12 nitrogen and oxygen atoms in total. The Morgan fingerprint density at radius 1 is 1.09 bits per heavy atom. The number of sulfonamides is 1. The third kappa shape index (κ3) is 9.61. The minimum atomic E-state index is -4.08. The van der Waals surface area contributed by atoms with Gasteiger partial charge >= 0.3 is 12.6 Å². The van der Waals surface area contributed by atoms with Gasteiger partial charge in [0.15, 0.2) is 23.9 Å². The Labute approximate surface area is 260 Å². The highest BCUT2D eigenvalue weighted by Gasteiger charge is 2.27. The molecule has 1 unspecified atom stereocenters. The lowest BCUT2D eigenvalue weighted by Crippen LogP contribution is -2.32. The molecule has 1 atom stereocenters. The van der Waals surface area contributed by atoms with Gasteiger partial charge in [0.25, 0.3) is 5.69 Å². The summed E-state index contributed by atoms with van der Waals surface area (Å²) >= 11 is 12.5. The molecule has 0 saturated heterocycles. The Balaban J connectivity index is 1.54. The summed E-state index contributed by atoms with van der Waals surface area (Å²) < 4.78 is 69.6. The number of carbonyl (C=O) groups is 1. The van der Waals surface area contributed by atoms with Crippen molar-refractivity contribution in [3.8, 4) is 11.5 Å². The molecule has 1 aliphatic rings. The van der Waals surface area contributed by atoms with E-state index >= 15 is 0 Å². The Bertz CT molecular complexity index is 1600. The van der Waals surface area contributed by atoms with E-state index in [1.807, 2.05) is 0 Å². The number of halogens is 4. The molecule has 0 radical (unpaired) electrons. The van der Waals surface area contributed by atoms with E-state index in [2.05, 4.69) is 9.46 Å². The Kier molecular flexibility index (Phi) is 10.8. The number of esters is 1. The molecule has 1 fully saturated rings. The van der Waals surface area contributed by atoms with Crippen molar-refractivity contribution in [1.29, 1.82) is 0 Å². The molecule has 0 amide bonds. The maximum atomic E-state index is 13.0. The second kappa shape index (κ2) is 14.3. The van der Waals surface area contributed by atoms with Crippen LogP contribution >= 0.6 is 23.2 Å². The van der Waals surface area contributed by atoms with Crippen molar-refractivity contribution in [2.45, 2.75) is 37.7 Å². The average molecular weight is 676 g/mol. The van der Waals surface area contributed by atoms with Gasteiger partial charge in [-0.1, -0.05) is 41.4 Å². The van der Waals surface area contributed by atoms with Crippen LogP contribution in [0.25, 0.3) is 0 Å². The summed E-state index contributed by atoms with van der Waals surface area (Å²) in [5.41, 5.74) is 0.506. The topological polar surface area (TPSA) is 161 Å². The van der Waals surface area contributed by atoms with Crippen LogP contribution in [0.15, 0.2) is 54.9 Å². The monoisotopic (exact) mass is 675 g/mol. The van der Waals surface area contributed by atoms with Gasteiger partial charge in [0.2, 0.25) is 10.0 Å². The summed E-state index contributed by atoms with van der Waals surface area (Å²) in [7, 11) is -4.08. The largest absolute Gasteiger partial charge is 0.619 e. The van der Waals surface area contributed by atoms with E-state index in [1.165, 1.54) is 30.3 Å². The third-order valence-electron chi connectivity index (χ3n) is 6.39. The van der Waals surface area contributed by atoms with Gasteiger partial charge in [-0.05, 0) is 42.0 Å². The molecular weight excluding hydrogens is 651 g/mol. The molecule has 0 bridgehead atoms. The van der Waals surface area contributed by atoms with E-state index in [0.717, 1.165) is 37.4 Å². The quantitative estimate of drug-likeness (QED) is 0.0779. The minimum Gasteiger partial charge on any atom is -0.619 e. The molecule has 44 heavy (non-hydrogen) atoms. The first-order chi connectivity index (χ1) is 20.8. The predicted octanol–water partition coefficient (Wildman–Crippen LogP) is 4.87. The molecule has 1 N–H and O–H groups in total. The molecule has 0 aliphatic heterocycles. The number of rotatable bonds is 15. The van der Waals surface area contributed by atoms with Crippen LogP contribution in [0.3, 0.4) is 0 Å². The summed E-state index contributed by atoms with van der Waals surface area (Å²) in [6, 6.07) is 8.78. The van der Waals surface area contributed by atoms with Gasteiger partial charge < -0.3 is 19.4 Å². The van der Waals surface area contributed by atoms with Crippen LogP contribution in [0.5, 0.6) is 11.5 Å². The average Bonchev–Trinajstić information content (AvgIpc) is 3.77. The maximum Gasteiger partial charge on any atom is 0.387 e. The number of nitro benzene ring substituents is 1. The van der Waals surface area contributed by atoms with Crippen LogP contribution in [0, 0.1) is 21.2 Å². The normalized spacial score (nSPS) is 13.8. The van der Waals surface area contributed by atoms with Crippen LogP contribution in [-0.2, 0) is 31.7 Å². The number of nitro groups is 1. The SMILES string of the molecule is O=C(CNS(=O)(=O)Cc1ccc([N+](=O)[O-])cc1)OC(Cc1c(Cl)c[n+]([O-])cc1Cl)c1ccc(OC(F)F)c(OCC2CC2)c1. The van der Waals surface area contributed by atoms with Gasteiger partial charge in [-0.25, -0.2) is 13.1 Å². The van der Waals surface area contributed by atoms with Gasteiger partial charge in [-0.3, -0.25) is 14.9 Å². The van der Waals surface area contributed by atoms with Gasteiger partial charge in [-0.2, -0.15) is 13.5 Å². The van der Waals surface area contributed by atoms with E-state index < -0.39 is 45.9 Å². The molecule has 1 aliphatic carbocycles. The van der Waals surface area contributed by atoms with E-state index in [1.54, 1.807) is 0 Å². The number of alkyl halides is 2. The second-order valence-corrected chi connectivity index (χ2v) is 12.4. The van der Waals surface area contributed by atoms with Crippen LogP contribution in [0.1, 0.15) is 35.6 Å². The van der Waals surface area contributed by atoms with Gasteiger partial charge in [0, 0.05) is 24.1 Å². The zero-order chi connectivity index (χ0) is 32.0. The highest BCUT2D eigenvalue weighted by atomic mass is 35.5. The van der Waals surface area contributed by atoms with E-state index in [9.17, 15) is 37.3 Å². The lowest BCUT2D eigenvalue weighted by Gasteiger charge is -2.21. The number of hydrogen-bond donors (Lipinski definition) is 1. The van der Waals surface area contributed by atoms with Crippen molar-refractivity contribution in [2.75, 3.05) is 13.2 Å². The number of aromatic nitrogens is 1. The number of pyridine rings is 1. The number of non-ortho nitro benzene ring substituents is 1. The fraction of sp³-hybridized carbons (Fsp3) is 0.333.